The van der Waals surface area contributed by atoms with Crippen LogP contribution in [0.5, 0.6) is 5.75 Å². The molecular weight excluding hydrogens is 383 g/mol. The Labute approximate surface area is 157 Å². The van der Waals surface area contributed by atoms with Gasteiger partial charge in [-0.3, -0.25) is 0 Å². The van der Waals surface area contributed by atoms with Crippen LogP contribution in [0.4, 0.5) is 0 Å². The van der Waals surface area contributed by atoms with Crippen molar-refractivity contribution in [3.63, 3.8) is 0 Å². The molecule has 0 radical (unpaired) electrons. The highest BCUT2D eigenvalue weighted by Crippen LogP contribution is 2.29. The summed E-state index contributed by atoms with van der Waals surface area (Å²) in [4.78, 5) is 0. The molecule has 2 aromatic carbocycles. The van der Waals surface area contributed by atoms with Crippen LogP contribution in [0.2, 0.25) is 10.0 Å². The topological polar surface area (TPSA) is 79.5 Å². The highest BCUT2D eigenvalue weighted by atomic mass is 35.5. The fourth-order valence-electron chi connectivity index (χ4n) is 2.19. The van der Waals surface area contributed by atoms with E-state index in [0.717, 1.165) is 5.56 Å². The van der Waals surface area contributed by atoms with Crippen molar-refractivity contribution in [2.75, 3.05) is 13.2 Å². The van der Waals surface area contributed by atoms with Crippen LogP contribution in [-0.2, 0) is 16.9 Å². The normalized spacial score (nSPS) is 12.7. The molecule has 1 atom stereocenters. The predicted molar refractivity (Wildman–Crippen MR) is 96.4 cm³/mol. The van der Waals surface area contributed by atoms with E-state index >= 15 is 0 Å². The Morgan fingerprint density at radius 3 is 2.40 bits per heavy atom. The molecule has 0 bridgehead atoms. The molecule has 0 saturated heterocycles. The minimum absolute atomic E-state index is 0.0446. The number of halogens is 2. The van der Waals surface area contributed by atoms with Crippen LogP contribution in [0.1, 0.15) is 5.56 Å². The van der Waals surface area contributed by atoms with Gasteiger partial charge in [-0.2, -0.15) is 18.0 Å². The minimum Gasteiger partial charge on any atom is -0.492 e. The van der Waals surface area contributed by atoms with E-state index in [2.05, 4.69) is 10.4 Å². The largest absolute Gasteiger partial charge is 0.492 e. The van der Waals surface area contributed by atoms with Gasteiger partial charge < -0.3 is 4.74 Å². The molecule has 0 aliphatic carbocycles. The summed E-state index contributed by atoms with van der Waals surface area (Å²) < 4.78 is 30.8. The maximum Gasteiger partial charge on any atom is 0.311 e. The summed E-state index contributed by atoms with van der Waals surface area (Å²) >= 11 is 12.0. The average molecular weight is 397 g/mol. The van der Waals surface area contributed by atoms with E-state index in [0.29, 0.717) is 15.8 Å². The van der Waals surface area contributed by atoms with Crippen LogP contribution in [0.25, 0.3) is 0 Å². The Morgan fingerprint density at radius 1 is 1.12 bits per heavy atom. The van der Waals surface area contributed by atoms with E-state index in [1.165, 1.54) is 0 Å². The predicted octanol–water partition coefficient (Wildman–Crippen LogP) is 4.19. The first kappa shape index (κ1) is 19.3. The van der Waals surface area contributed by atoms with Gasteiger partial charge in [0.05, 0.1) is 12.6 Å². The van der Waals surface area contributed by atoms with E-state index in [4.69, 9.17) is 27.9 Å². The maximum atomic E-state index is 10.8. The lowest BCUT2D eigenvalue weighted by Gasteiger charge is -2.25. The molecule has 0 amide bonds. The molecule has 2 aromatic rings. The van der Waals surface area contributed by atoms with Crippen LogP contribution >= 0.6 is 23.2 Å². The van der Waals surface area contributed by atoms with E-state index in [9.17, 15) is 13.7 Å². The molecule has 0 aromatic heterocycles. The molecule has 0 fully saturated rings. The Bertz CT molecular complexity index is 900. The van der Waals surface area contributed by atoms with Crippen LogP contribution in [0.15, 0.2) is 52.9 Å². The molecule has 25 heavy (non-hydrogen) atoms. The van der Waals surface area contributed by atoms with Crippen molar-refractivity contribution in [2.45, 2.75) is 6.42 Å². The van der Waals surface area contributed by atoms with Gasteiger partial charge >= 0.3 is 10.5 Å². The second-order valence-corrected chi connectivity index (χ2v) is 6.94. The first-order chi connectivity index (χ1) is 11.9. The lowest BCUT2D eigenvalue weighted by atomic mass is 9.84. The fraction of sp³-hybridized carbons (Fsp3) is 0.235. The van der Waals surface area contributed by atoms with Gasteiger partial charge in [0.15, 0.2) is 0 Å². The van der Waals surface area contributed by atoms with Crippen molar-refractivity contribution >= 4 is 33.7 Å². The van der Waals surface area contributed by atoms with Gasteiger partial charge in [0, 0.05) is 10.0 Å². The molecular formula is C17H14Cl2N2O3S. The second kappa shape index (κ2) is 8.86. The van der Waals surface area contributed by atoms with E-state index in [1.807, 2.05) is 0 Å². The van der Waals surface area contributed by atoms with Crippen molar-refractivity contribution in [1.29, 1.82) is 5.26 Å². The molecule has 0 aliphatic rings. The van der Waals surface area contributed by atoms with Gasteiger partial charge in [-0.25, -0.2) is 0 Å². The van der Waals surface area contributed by atoms with Gasteiger partial charge in [0.25, 0.3) is 0 Å². The molecule has 5 nitrogen and oxygen atoms in total. The summed E-state index contributed by atoms with van der Waals surface area (Å²) in [6.45, 7) is -0.268. The molecule has 130 valence electrons. The molecule has 0 aliphatic heterocycles. The van der Waals surface area contributed by atoms with Crippen LogP contribution in [0, 0.1) is 16.7 Å². The van der Waals surface area contributed by atoms with Gasteiger partial charge in [-0.1, -0.05) is 41.4 Å². The van der Waals surface area contributed by atoms with Gasteiger partial charge in [-0.05, 0) is 42.3 Å². The van der Waals surface area contributed by atoms with Crippen molar-refractivity contribution < 1.29 is 13.2 Å². The van der Waals surface area contributed by atoms with Crippen molar-refractivity contribution in [1.82, 2.24) is 0 Å². The van der Waals surface area contributed by atoms with Gasteiger partial charge in [0.1, 0.15) is 17.8 Å². The number of rotatable bonds is 7. The number of nitrogens with zero attached hydrogens (tertiary/aromatic N) is 2. The molecule has 2 rings (SSSR count). The second-order valence-electron chi connectivity index (χ2n) is 5.41. The van der Waals surface area contributed by atoms with Gasteiger partial charge in [0.2, 0.25) is 0 Å². The van der Waals surface area contributed by atoms with Crippen LogP contribution < -0.4 is 4.74 Å². The first-order valence-electron chi connectivity index (χ1n) is 7.24. The van der Waals surface area contributed by atoms with Crippen molar-refractivity contribution in [3.05, 3.63) is 64.1 Å². The summed E-state index contributed by atoms with van der Waals surface area (Å²) in [5.74, 6) is 0.520. The molecule has 0 spiro atoms. The monoisotopic (exact) mass is 396 g/mol. The lowest BCUT2D eigenvalue weighted by molar-refractivity contribution is 0.202. The quantitative estimate of drug-likeness (QED) is 0.702. The van der Waals surface area contributed by atoms with E-state index < -0.39 is 15.9 Å². The maximum absolute atomic E-state index is 10.8. The number of benzene rings is 2. The molecule has 0 saturated carbocycles. The third-order valence-corrected chi connectivity index (χ3v) is 4.49. The Kier molecular flexibility index (Phi) is 6.82. The zero-order chi connectivity index (χ0) is 18.3. The van der Waals surface area contributed by atoms with Crippen LogP contribution in [-0.4, -0.2) is 21.6 Å². The summed E-state index contributed by atoms with van der Waals surface area (Å²) in [7, 11) is -2.61. The average Bonchev–Trinajstić information content (AvgIpc) is 2.60. The van der Waals surface area contributed by atoms with Crippen molar-refractivity contribution in [3.8, 4) is 11.8 Å². The summed E-state index contributed by atoms with van der Waals surface area (Å²) in [5, 5.41) is 10.8. The standard InChI is InChI=1S/C17H14Cl2N2O3S/c18-14-5-7-15(8-6-14)24-12-17(10-20,11-21-25(22)23)9-13-3-1-2-4-16(13)19/h1-8H,9,11-12H2. The first-order valence-corrected chi connectivity index (χ1v) is 9.03. The highest BCUT2D eigenvalue weighted by Gasteiger charge is 2.33. The summed E-state index contributed by atoms with van der Waals surface area (Å²) in [6.07, 6.45) is 0.206. The molecule has 0 N–H and O–H groups in total. The summed E-state index contributed by atoms with van der Waals surface area (Å²) in [5.41, 5.74) is -0.456. The third-order valence-electron chi connectivity index (χ3n) is 3.53. The number of nitriles is 1. The van der Waals surface area contributed by atoms with E-state index in [1.54, 1.807) is 48.5 Å². The SMILES string of the molecule is N#CC(CN=S(=O)=O)(COc1ccc(Cl)cc1)Cc1ccccc1Cl. The molecule has 8 heteroatoms. The summed E-state index contributed by atoms with van der Waals surface area (Å²) in [6, 6.07) is 15.9. The highest BCUT2D eigenvalue weighted by molar-refractivity contribution is 7.61. The van der Waals surface area contributed by atoms with E-state index in [-0.39, 0.29) is 19.6 Å². The fourth-order valence-corrected chi connectivity index (χ4v) is 2.88. The Balaban J connectivity index is 2.27. The lowest BCUT2D eigenvalue weighted by Crippen LogP contribution is -2.33. The number of ether oxygens (including phenoxy) is 1. The zero-order valence-electron chi connectivity index (χ0n) is 13.0. The Hall–Kier alpha value is -2.07. The zero-order valence-corrected chi connectivity index (χ0v) is 15.4. The number of hydrogen-bond donors (Lipinski definition) is 0. The number of hydrogen-bond acceptors (Lipinski definition) is 5. The molecule has 0 heterocycles. The van der Waals surface area contributed by atoms with Crippen molar-refractivity contribution in [2.24, 2.45) is 9.78 Å². The smallest absolute Gasteiger partial charge is 0.311 e. The molecule has 1 unspecified atom stereocenters. The van der Waals surface area contributed by atoms with Crippen LogP contribution in [0.3, 0.4) is 0 Å². The minimum atomic E-state index is -2.61. The van der Waals surface area contributed by atoms with Gasteiger partial charge in [-0.15, -0.1) is 0 Å². The Morgan fingerprint density at radius 2 is 1.80 bits per heavy atom. The third kappa shape index (κ3) is 5.75.